The molecule has 118 valence electrons. The van der Waals surface area contributed by atoms with Crippen molar-refractivity contribution in [2.75, 3.05) is 5.88 Å². The summed E-state index contributed by atoms with van der Waals surface area (Å²) in [7, 11) is 0. The lowest BCUT2D eigenvalue weighted by atomic mass is 9.84. The molecule has 0 aliphatic heterocycles. The molecule has 0 aliphatic carbocycles. The minimum Gasteiger partial charge on any atom is -0.349 e. The second kappa shape index (κ2) is 6.83. The molecule has 1 aromatic carbocycles. The van der Waals surface area contributed by atoms with Crippen molar-refractivity contribution in [3.05, 3.63) is 35.4 Å². The molecule has 0 spiro atoms. The summed E-state index contributed by atoms with van der Waals surface area (Å²) in [6.07, 6.45) is 0.775. The number of carbonyl (C=O) groups excluding carboxylic acids is 1. The first kappa shape index (κ1) is 18.0. The monoisotopic (exact) mass is 309 g/mol. The molecule has 1 rings (SSSR count). The highest BCUT2D eigenvalue weighted by Gasteiger charge is 2.26. The molecular weight excluding hydrogens is 282 g/mol. The molecule has 0 saturated carbocycles. The average molecular weight is 310 g/mol. The van der Waals surface area contributed by atoms with E-state index in [1.54, 1.807) is 0 Å². The highest BCUT2D eigenvalue weighted by molar-refractivity contribution is 6.17. The van der Waals surface area contributed by atoms with Crippen LogP contribution in [0.4, 0.5) is 0 Å². The highest BCUT2D eigenvalue weighted by atomic mass is 35.5. The smallest absolute Gasteiger partial charge is 0.251 e. The van der Waals surface area contributed by atoms with Crippen molar-refractivity contribution in [2.45, 2.75) is 59.4 Å². The van der Waals surface area contributed by atoms with E-state index < -0.39 is 0 Å². The third-order valence-corrected chi connectivity index (χ3v) is 3.98. The quantitative estimate of drug-likeness (QED) is 0.798. The topological polar surface area (TPSA) is 29.1 Å². The molecule has 0 heterocycles. The molecule has 1 atom stereocenters. The van der Waals surface area contributed by atoms with Gasteiger partial charge in [-0.15, -0.1) is 11.6 Å². The van der Waals surface area contributed by atoms with Crippen LogP contribution < -0.4 is 5.32 Å². The molecule has 0 saturated heterocycles. The number of halogens is 1. The summed E-state index contributed by atoms with van der Waals surface area (Å²) in [5.41, 5.74) is 2.02. The number of alkyl halides is 1. The van der Waals surface area contributed by atoms with E-state index in [0.29, 0.717) is 11.4 Å². The highest BCUT2D eigenvalue weighted by Crippen LogP contribution is 2.24. The Balaban J connectivity index is 2.84. The summed E-state index contributed by atoms with van der Waals surface area (Å²) < 4.78 is 0. The predicted molar refractivity (Wildman–Crippen MR) is 91.2 cm³/mol. The van der Waals surface area contributed by atoms with E-state index in [1.807, 2.05) is 24.3 Å². The first-order chi connectivity index (χ1) is 9.55. The van der Waals surface area contributed by atoms with Crippen LogP contribution in [0.2, 0.25) is 0 Å². The predicted octanol–water partition coefficient (Wildman–Crippen LogP) is 4.76. The molecule has 1 amide bonds. The van der Waals surface area contributed by atoms with E-state index in [4.69, 9.17) is 11.6 Å². The molecule has 0 aliphatic rings. The summed E-state index contributed by atoms with van der Waals surface area (Å²) >= 11 is 5.85. The Morgan fingerprint density at radius 2 is 1.62 bits per heavy atom. The number of carbonyl (C=O) groups is 1. The Kier molecular flexibility index (Phi) is 5.86. The first-order valence-corrected chi connectivity index (χ1v) is 8.06. The molecule has 0 bridgehead atoms. The van der Waals surface area contributed by atoms with Crippen molar-refractivity contribution in [1.82, 2.24) is 5.32 Å². The molecule has 21 heavy (non-hydrogen) atoms. The lowest BCUT2D eigenvalue weighted by Gasteiger charge is -2.31. The van der Waals surface area contributed by atoms with E-state index in [2.05, 4.69) is 46.9 Å². The zero-order valence-corrected chi connectivity index (χ0v) is 14.8. The standard InChI is InChI=1S/C18H28ClNO/c1-17(2,3)14-9-7-13(8-10-14)16(21)20-15(11-12-19)18(4,5)6/h7-10,15H,11-12H2,1-6H3,(H,20,21). The van der Waals surface area contributed by atoms with E-state index in [9.17, 15) is 4.79 Å². The van der Waals surface area contributed by atoms with Crippen LogP contribution in [0.5, 0.6) is 0 Å². The lowest BCUT2D eigenvalue weighted by Crippen LogP contribution is -2.44. The molecular formula is C18H28ClNO. The summed E-state index contributed by atoms with van der Waals surface area (Å²) in [6.45, 7) is 12.8. The van der Waals surface area contributed by atoms with Gasteiger partial charge in [-0.25, -0.2) is 0 Å². The molecule has 3 heteroatoms. The fraction of sp³-hybridized carbons (Fsp3) is 0.611. The largest absolute Gasteiger partial charge is 0.349 e. The Morgan fingerprint density at radius 3 is 2.00 bits per heavy atom. The van der Waals surface area contributed by atoms with Gasteiger partial charge in [-0.05, 0) is 34.9 Å². The molecule has 1 unspecified atom stereocenters. The molecule has 1 aromatic rings. The fourth-order valence-corrected chi connectivity index (χ4v) is 2.41. The van der Waals surface area contributed by atoms with Gasteiger partial charge in [0.05, 0.1) is 0 Å². The second-order valence-electron chi connectivity index (χ2n) is 7.70. The zero-order chi connectivity index (χ0) is 16.3. The van der Waals surface area contributed by atoms with Crippen LogP contribution in [0, 0.1) is 5.41 Å². The van der Waals surface area contributed by atoms with Gasteiger partial charge in [-0.1, -0.05) is 53.7 Å². The lowest BCUT2D eigenvalue weighted by molar-refractivity contribution is 0.0900. The normalized spacial score (nSPS) is 13.9. The van der Waals surface area contributed by atoms with Gasteiger partial charge < -0.3 is 5.32 Å². The molecule has 0 fully saturated rings. The van der Waals surface area contributed by atoms with E-state index >= 15 is 0 Å². The van der Waals surface area contributed by atoms with Crippen molar-refractivity contribution in [3.63, 3.8) is 0 Å². The van der Waals surface area contributed by atoms with E-state index in [1.165, 1.54) is 5.56 Å². The third kappa shape index (κ3) is 5.35. The third-order valence-electron chi connectivity index (χ3n) is 3.76. The number of benzene rings is 1. The van der Waals surface area contributed by atoms with Crippen LogP contribution in [-0.2, 0) is 5.41 Å². The maximum atomic E-state index is 12.4. The summed E-state index contributed by atoms with van der Waals surface area (Å²) in [4.78, 5) is 12.4. The van der Waals surface area contributed by atoms with Crippen LogP contribution in [0.25, 0.3) is 0 Å². The molecule has 2 nitrogen and oxygen atoms in total. The Bertz CT molecular complexity index is 465. The maximum absolute atomic E-state index is 12.4. The SMILES string of the molecule is CC(C)(C)c1ccc(C(=O)NC(CCCl)C(C)(C)C)cc1. The van der Waals surface area contributed by atoms with Crippen molar-refractivity contribution in [3.8, 4) is 0 Å². The Labute approximate surface area is 134 Å². The number of amides is 1. The van der Waals surface area contributed by atoms with Crippen molar-refractivity contribution >= 4 is 17.5 Å². The minimum absolute atomic E-state index is 0.00407. The molecule has 1 N–H and O–H groups in total. The van der Waals surface area contributed by atoms with Gasteiger partial charge in [-0.3, -0.25) is 4.79 Å². The minimum atomic E-state index is -0.0273. The van der Waals surface area contributed by atoms with Crippen LogP contribution in [0.15, 0.2) is 24.3 Å². The summed E-state index contributed by atoms with van der Waals surface area (Å²) in [5, 5.41) is 3.11. The maximum Gasteiger partial charge on any atom is 0.251 e. The van der Waals surface area contributed by atoms with Crippen LogP contribution >= 0.6 is 11.6 Å². The van der Waals surface area contributed by atoms with E-state index in [-0.39, 0.29) is 22.8 Å². The zero-order valence-electron chi connectivity index (χ0n) is 14.1. The van der Waals surface area contributed by atoms with Crippen LogP contribution in [-0.4, -0.2) is 17.8 Å². The summed E-state index contributed by atoms with van der Waals surface area (Å²) in [5.74, 6) is 0.519. The summed E-state index contributed by atoms with van der Waals surface area (Å²) in [6, 6.07) is 7.93. The van der Waals surface area contributed by atoms with Gasteiger partial charge in [-0.2, -0.15) is 0 Å². The van der Waals surface area contributed by atoms with Gasteiger partial charge >= 0.3 is 0 Å². The average Bonchev–Trinajstić information content (AvgIpc) is 2.36. The molecule has 0 radical (unpaired) electrons. The number of rotatable bonds is 4. The molecule has 0 aromatic heterocycles. The van der Waals surface area contributed by atoms with E-state index in [0.717, 1.165) is 6.42 Å². The van der Waals surface area contributed by atoms with Crippen LogP contribution in [0.1, 0.15) is 63.9 Å². The van der Waals surface area contributed by atoms with Gasteiger partial charge in [0.2, 0.25) is 0 Å². The number of hydrogen-bond donors (Lipinski definition) is 1. The van der Waals surface area contributed by atoms with Crippen molar-refractivity contribution in [1.29, 1.82) is 0 Å². The number of nitrogens with one attached hydrogen (secondary N) is 1. The van der Waals surface area contributed by atoms with Crippen molar-refractivity contribution < 1.29 is 4.79 Å². The van der Waals surface area contributed by atoms with Gasteiger partial charge in [0.1, 0.15) is 0 Å². The van der Waals surface area contributed by atoms with Crippen LogP contribution in [0.3, 0.4) is 0 Å². The number of hydrogen-bond acceptors (Lipinski definition) is 1. The second-order valence-corrected chi connectivity index (χ2v) is 8.08. The van der Waals surface area contributed by atoms with Gasteiger partial charge in [0.25, 0.3) is 5.91 Å². The first-order valence-electron chi connectivity index (χ1n) is 7.53. The fourth-order valence-electron chi connectivity index (χ4n) is 2.19. The Morgan fingerprint density at radius 1 is 1.10 bits per heavy atom. The van der Waals surface area contributed by atoms with Crippen molar-refractivity contribution in [2.24, 2.45) is 5.41 Å². The Hall–Kier alpha value is -1.02. The van der Waals surface area contributed by atoms with Gasteiger partial charge in [0, 0.05) is 17.5 Å². The van der Waals surface area contributed by atoms with Gasteiger partial charge in [0.15, 0.2) is 0 Å².